The van der Waals surface area contributed by atoms with E-state index in [0.29, 0.717) is 24.0 Å². The number of alkyl halides is 3. The van der Waals surface area contributed by atoms with Crippen LogP contribution < -0.4 is 10.4 Å². The van der Waals surface area contributed by atoms with Gasteiger partial charge in [-0.05, 0) is 43.7 Å². The lowest BCUT2D eigenvalue weighted by Crippen LogP contribution is -2.46. The third-order valence-electron chi connectivity index (χ3n) is 5.61. The van der Waals surface area contributed by atoms with Gasteiger partial charge in [0.25, 0.3) is 5.91 Å². The average molecular weight is 430 g/mol. The van der Waals surface area contributed by atoms with Crippen LogP contribution in [0.1, 0.15) is 30.4 Å². The number of aryl methyl sites for hydroxylation is 1. The van der Waals surface area contributed by atoms with Crippen molar-refractivity contribution in [1.29, 1.82) is 0 Å². The van der Waals surface area contributed by atoms with Crippen molar-refractivity contribution in [2.45, 2.75) is 38.3 Å². The van der Waals surface area contributed by atoms with Crippen LogP contribution in [0.15, 0.2) is 21.3 Å². The Morgan fingerprint density at radius 3 is 2.76 bits per heavy atom. The van der Waals surface area contributed by atoms with Crippen LogP contribution in [0.3, 0.4) is 0 Å². The van der Waals surface area contributed by atoms with E-state index < -0.39 is 24.6 Å². The Morgan fingerprint density at radius 2 is 2.00 bits per heavy atom. The minimum absolute atomic E-state index is 0.0218. The summed E-state index contributed by atoms with van der Waals surface area (Å²) in [4.78, 5) is 25.6. The van der Waals surface area contributed by atoms with Crippen LogP contribution >= 0.6 is 11.6 Å². The second-order valence-corrected chi connectivity index (χ2v) is 7.90. The lowest BCUT2D eigenvalue weighted by atomic mass is 9.97. The molecule has 2 aliphatic rings. The number of likely N-dealkylation sites (tertiary alicyclic amines) is 1. The number of halogens is 4. The molecule has 4 rings (SSSR count). The van der Waals surface area contributed by atoms with Crippen molar-refractivity contribution in [3.05, 3.63) is 38.7 Å². The molecule has 1 unspecified atom stereocenters. The summed E-state index contributed by atoms with van der Waals surface area (Å²) in [6.45, 7) is -0.537. The smallest absolute Gasteiger partial charge is 0.393 e. The maximum absolute atomic E-state index is 12.9. The average Bonchev–Trinajstić information content (AvgIpc) is 3.17. The van der Waals surface area contributed by atoms with E-state index in [9.17, 15) is 22.8 Å². The topological polar surface area (TPSA) is 59.8 Å². The van der Waals surface area contributed by atoms with Crippen LogP contribution in [-0.2, 0) is 17.6 Å². The summed E-state index contributed by atoms with van der Waals surface area (Å²) in [5, 5.41) is 0.991. The minimum atomic E-state index is -4.32. The van der Waals surface area contributed by atoms with Gasteiger partial charge in [-0.3, -0.25) is 4.79 Å². The number of amides is 1. The van der Waals surface area contributed by atoms with Gasteiger partial charge >= 0.3 is 11.8 Å². The third kappa shape index (κ3) is 3.95. The minimum Gasteiger partial charge on any atom is -0.482 e. The van der Waals surface area contributed by atoms with E-state index in [1.807, 2.05) is 0 Å². The van der Waals surface area contributed by atoms with Crippen molar-refractivity contribution in [3.63, 3.8) is 0 Å². The standard InChI is InChI=1S/C20H19ClF3NO4/c21-15-7-14-12-4-1-5-13(12)19(27)29-16(14)8-17(15)28-10-18(26)25-6-2-3-11(9-25)20(22,23)24/h7-8,11H,1-6,9-10H2. The SMILES string of the molecule is O=C(COc1cc2oc(=O)c3c(c2cc1Cl)CCC3)N1CCCC(C(F)(F)F)C1. The molecule has 1 atom stereocenters. The molecule has 1 aromatic carbocycles. The number of piperidine rings is 1. The Labute approximate surface area is 169 Å². The molecule has 2 heterocycles. The molecule has 1 amide bonds. The van der Waals surface area contributed by atoms with Crippen LogP contribution in [0, 0.1) is 5.92 Å². The van der Waals surface area contributed by atoms with Gasteiger partial charge in [0, 0.05) is 30.1 Å². The van der Waals surface area contributed by atoms with Crippen molar-refractivity contribution in [2.24, 2.45) is 5.92 Å². The molecule has 0 saturated carbocycles. The van der Waals surface area contributed by atoms with Crippen LogP contribution in [0.5, 0.6) is 5.75 Å². The molecule has 0 N–H and O–H groups in total. The van der Waals surface area contributed by atoms with E-state index in [2.05, 4.69) is 0 Å². The highest BCUT2D eigenvalue weighted by Crippen LogP contribution is 2.35. The highest BCUT2D eigenvalue weighted by Gasteiger charge is 2.42. The molecule has 1 aliphatic carbocycles. The number of carbonyl (C=O) groups excluding carboxylic acids is 1. The summed E-state index contributed by atoms with van der Waals surface area (Å²) < 4.78 is 49.6. The third-order valence-corrected chi connectivity index (χ3v) is 5.91. The summed E-state index contributed by atoms with van der Waals surface area (Å²) in [7, 11) is 0. The molecule has 1 saturated heterocycles. The second kappa shape index (κ2) is 7.55. The van der Waals surface area contributed by atoms with Gasteiger partial charge in [-0.1, -0.05) is 11.6 Å². The van der Waals surface area contributed by atoms with Crippen LogP contribution in [0.4, 0.5) is 13.2 Å². The van der Waals surface area contributed by atoms with Crippen molar-refractivity contribution < 1.29 is 27.1 Å². The first-order chi connectivity index (χ1) is 13.7. The molecule has 2 aromatic rings. The van der Waals surface area contributed by atoms with Crippen LogP contribution in [0.2, 0.25) is 5.02 Å². The van der Waals surface area contributed by atoms with Gasteiger partial charge in [0.15, 0.2) is 6.61 Å². The van der Waals surface area contributed by atoms with E-state index in [1.54, 1.807) is 6.07 Å². The van der Waals surface area contributed by atoms with Gasteiger partial charge in [-0.15, -0.1) is 0 Å². The maximum atomic E-state index is 12.9. The Hall–Kier alpha value is -2.22. The lowest BCUT2D eigenvalue weighted by Gasteiger charge is -2.33. The molecular weight excluding hydrogens is 411 g/mol. The van der Waals surface area contributed by atoms with Crippen LogP contribution in [0.25, 0.3) is 11.0 Å². The Kier molecular flexibility index (Phi) is 5.23. The van der Waals surface area contributed by atoms with Gasteiger partial charge in [-0.2, -0.15) is 13.2 Å². The van der Waals surface area contributed by atoms with E-state index in [-0.39, 0.29) is 35.9 Å². The predicted molar refractivity (Wildman–Crippen MR) is 100 cm³/mol. The Balaban J connectivity index is 1.50. The van der Waals surface area contributed by atoms with Crippen molar-refractivity contribution >= 4 is 28.5 Å². The number of benzene rings is 1. The molecule has 1 aromatic heterocycles. The van der Waals surface area contributed by atoms with Crippen LogP contribution in [-0.4, -0.2) is 36.7 Å². The normalized spacial score (nSPS) is 19.4. The highest BCUT2D eigenvalue weighted by atomic mass is 35.5. The number of ether oxygens (including phenoxy) is 1. The Bertz CT molecular complexity index is 1020. The summed E-state index contributed by atoms with van der Waals surface area (Å²) in [6.07, 6.45) is -1.69. The largest absolute Gasteiger partial charge is 0.482 e. The predicted octanol–water partition coefficient (Wildman–Crippen LogP) is 4.11. The molecule has 0 bridgehead atoms. The molecule has 156 valence electrons. The molecule has 0 radical (unpaired) electrons. The van der Waals surface area contributed by atoms with Gasteiger partial charge in [0.05, 0.1) is 10.9 Å². The summed E-state index contributed by atoms with van der Waals surface area (Å²) in [6, 6.07) is 3.10. The molecule has 9 heteroatoms. The molecule has 1 aliphatic heterocycles. The number of carbonyl (C=O) groups is 1. The quantitative estimate of drug-likeness (QED) is 0.689. The second-order valence-electron chi connectivity index (χ2n) is 7.49. The zero-order chi connectivity index (χ0) is 20.8. The van der Waals surface area contributed by atoms with E-state index in [0.717, 1.165) is 23.8 Å². The van der Waals surface area contributed by atoms with E-state index in [4.69, 9.17) is 20.8 Å². The fourth-order valence-corrected chi connectivity index (χ4v) is 4.31. The number of hydrogen-bond donors (Lipinski definition) is 0. The molecular formula is C20H19ClF3NO4. The monoisotopic (exact) mass is 429 g/mol. The van der Waals surface area contributed by atoms with Gasteiger partial charge in [-0.25, -0.2) is 4.79 Å². The fraction of sp³-hybridized carbons (Fsp3) is 0.500. The lowest BCUT2D eigenvalue weighted by molar-refractivity contribution is -0.188. The number of rotatable bonds is 3. The van der Waals surface area contributed by atoms with Gasteiger partial charge in [0.2, 0.25) is 0 Å². The Morgan fingerprint density at radius 1 is 1.24 bits per heavy atom. The highest BCUT2D eigenvalue weighted by molar-refractivity contribution is 6.32. The van der Waals surface area contributed by atoms with Gasteiger partial charge < -0.3 is 14.1 Å². The first kappa shape index (κ1) is 20.1. The first-order valence-electron chi connectivity index (χ1n) is 9.49. The fourth-order valence-electron chi connectivity index (χ4n) is 4.09. The maximum Gasteiger partial charge on any atom is 0.393 e. The molecule has 5 nitrogen and oxygen atoms in total. The summed E-state index contributed by atoms with van der Waals surface area (Å²) >= 11 is 6.28. The van der Waals surface area contributed by atoms with Crippen molar-refractivity contribution in [1.82, 2.24) is 4.90 Å². The molecule has 0 spiro atoms. The molecule has 1 fully saturated rings. The number of nitrogens with zero attached hydrogens (tertiary/aromatic N) is 1. The van der Waals surface area contributed by atoms with Crippen molar-refractivity contribution in [2.75, 3.05) is 19.7 Å². The van der Waals surface area contributed by atoms with Gasteiger partial charge in [0.1, 0.15) is 11.3 Å². The van der Waals surface area contributed by atoms with Crippen molar-refractivity contribution in [3.8, 4) is 5.75 Å². The zero-order valence-corrected chi connectivity index (χ0v) is 16.2. The van der Waals surface area contributed by atoms with E-state index >= 15 is 0 Å². The zero-order valence-electron chi connectivity index (χ0n) is 15.5. The first-order valence-corrected chi connectivity index (χ1v) is 9.87. The summed E-state index contributed by atoms with van der Waals surface area (Å²) in [5.41, 5.74) is 1.52. The number of fused-ring (bicyclic) bond motifs is 3. The molecule has 29 heavy (non-hydrogen) atoms. The van der Waals surface area contributed by atoms with E-state index in [1.165, 1.54) is 11.0 Å². The summed E-state index contributed by atoms with van der Waals surface area (Å²) in [5.74, 6) is -1.90. The number of hydrogen-bond acceptors (Lipinski definition) is 4.